The summed E-state index contributed by atoms with van der Waals surface area (Å²) in [4.78, 5) is 0. The van der Waals surface area contributed by atoms with E-state index in [2.05, 4.69) is 12.1 Å². The van der Waals surface area contributed by atoms with Crippen molar-refractivity contribution in [3.8, 4) is 0 Å². The molecule has 3 rings (SSSR count). The van der Waals surface area contributed by atoms with E-state index in [-0.39, 0.29) is 6.10 Å². The van der Waals surface area contributed by atoms with Crippen LogP contribution < -0.4 is 0 Å². The van der Waals surface area contributed by atoms with Gasteiger partial charge in [-0.25, -0.2) is 0 Å². The van der Waals surface area contributed by atoms with Gasteiger partial charge in [0, 0.05) is 0 Å². The van der Waals surface area contributed by atoms with Crippen LogP contribution in [0.3, 0.4) is 0 Å². The smallest absolute Gasteiger partial charge is 0.124 e. The van der Waals surface area contributed by atoms with Crippen molar-refractivity contribution in [2.45, 2.75) is 43.7 Å². The van der Waals surface area contributed by atoms with Crippen molar-refractivity contribution in [2.75, 3.05) is 6.61 Å². The van der Waals surface area contributed by atoms with Crippen LogP contribution in [0.25, 0.3) is 0 Å². The van der Waals surface area contributed by atoms with E-state index in [0.29, 0.717) is 13.2 Å². The molecule has 0 amide bonds. The normalized spacial score (nSPS) is 33.9. The molecular formula is C16H20O3. The van der Waals surface area contributed by atoms with Crippen molar-refractivity contribution >= 4 is 0 Å². The number of benzene rings is 1. The molecule has 1 heterocycles. The number of aliphatic hydroxyl groups is 1. The molecule has 0 aromatic heterocycles. The van der Waals surface area contributed by atoms with Crippen LogP contribution in [-0.2, 0) is 16.1 Å². The number of hydrogen-bond donors (Lipinski definition) is 1. The van der Waals surface area contributed by atoms with Gasteiger partial charge in [0.05, 0.1) is 19.3 Å². The van der Waals surface area contributed by atoms with Crippen LogP contribution in [0.1, 0.15) is 24.8 Å². The highest BCUT2D eigenvalue weighted by atomic mass is 16.6. The zero-order valence-electron chi connectivity index (χ0n) is 11.0. The second-order valence-electron chi connectivity index (χ2n) is 5.29. The maximum atomic E-state index is 10.2. The Balaban J connectivity index is 1.68. The molecule has 1 saturated heterocycles. The summed E-state index contributed by atoms with van der Waals surface area (Å²) in [7, 11) is 0. The Morgan fingerprint density at radius 2 is 2.16 bits per heavy atom. The first-order valence-electron chi connectivity index (χ1n) is 6.95. The molecule has 0 bridgehead atoms. The fourth-order valence-electron chi connectivity index (χ4n) is 3.04. The first kappa shape index (κ1) is 12.9. The van der Waals surface area contributed by atoms with Crippen LogP contribution in [0.4, 0.5) is 0 Å². The highest BCUT2D eigenvalue weighted by Crippen LogP contribution is 2.39. The number of allylic oxidation sites excluding steroid dienone is 1. The number of aliphatic hydroxyl groups excluding tert-OH is 1. The van der Waals surface area contributed by atoms with Gasteiger partial charge in [-0.2, -0.15) is 0 Å². The molecule has 1 fully saturated rings. The van der Waals surface area contributed by atoms with E-state index in [9.17, 15) is 5.11 Å². The summed E-state index contributed by atoms with van der Waals surface area (Å²) in [6, 6.07) is 10.1. The van der Waals surface area contributed by atoms with E-state index >= 15 is 0 Å². The maximum absolute atomic E-state index is 10.2. The summed E-state index contributed by atoms with van der Waals surface area (Å²) in [5.74, 6) is 0. The third kappa shape index (κ3) is 2.46. The Bertz CT molecular complexity index is 443. The minimum absolute atomic E-state index is 0.0207. The van der Waals surface area contributed by atoms with Gasteiger partial charge in [-0.05, 0) is 24.8 Å². The number of rotatable bonds is 3. The van der Waals surface area contributed by atoms with Crippen LogP contribution in [-0.4, -0.2) is 29.5 Å². The van der Waals surface area contributed by atoms with Crippen molar-refractivity contribution in [3.63, 3.8) is 0 Å². The van der Waals surface area contributed by atoms with Crippen LogP contribution in [0, 0.1) is 0 Å². The molecule has 3 atom stereocenters. The largest absolute Gasteiger partial charge is 0.386 e. The molecule has 2 aliphatic rings. The topological polar surface area (TPSA) is 38.7 Å². The molecular weight excluding hydrogens is 240 g/mol. The second kappa shape index (κ2) is 5.45. The van der Waals surface area contributed by atoms with Crippen LogP contribution >= 0.6 is 0 Å². The molecule has 3 nitrogen and oxygen atoms in total. The van der Waals surface area contributed by atoms with Crippen LogP contribution in [0.5, 0.6) is 0 Å². The Morgan fingerprint density at radius 1 is 1.32 bits per heavy atom. The zero-order chi connectivity index (χ0) is 13.1. The van der Waals surface area contributed by atoms with E-state index in [1.165, 1.54) is 0 Å². The average Bonchev–Trinajstić information content (AvgIpc) is 2.85. The standard InChI is InChI=1S/C16H20O3/c17-14-8-4-5-10-16(14)15(9-11-19-16)18-12-13-6-2-1-3-7-13/h1-4,6-8,14-15,17H,5,9-12H2. The highest BCUT2D eigenvalue weighted by Gasteiger charge is 2.50. The van der Waals surface area contributed by atoms with Crippen molar-refractivity contribution in [1.29, 1.82) is 0 Å². The Labute approximate surface area is 113 Å². The number of hydrogen-bond acceptors (Lipinski definition) is 3. The molecule has 3 heteroatoms. The molecule has 1 aliphatic heterocycles. The second-order valence-corrected chi connectivity index (χ2v) is 5.29. The predicted octanol–water partition coefficient (Wildman–Crippen LogP) is 2.44. The SMILES string of the molecule is OC1C=CCCC12OCCC2OCc1ccccc1. The van der Waals surface area contributed by atoms with Gasteiger partial charge in [-0.15, -0.1) is 0 Å². The molecule has 1 aromatic rings. The van der Waals surface area contributed by atoms with Crippen molar-refractivity contribution in [2.24, 2.45) is 0 Å². The third-order valence-electron chi connectivity index (χ3n) is 4.11. The minimum Gasteiger partial charge on any atom is -0.386 e. The lowest BCUT2D eigenvalue weighted by Crippen LogP contribution is -2.51. The van der Waals surface area contributed by atoms with Gasteiger partial charge in [-0.1, -0.05) is 42.5 Å². The van der Waals surface area contributed by atoms with E-state index < -0.39 is 11.7 Å². The summed E-state index contributed by atoms with van der Waals surface area (Å²) in [6.45, 7) is 1.25. The summed E-state index contributed by atoms with van der Waals surface area (Å²) in [5, 5.41) is 10.2. The van der Waals surface area contributed by atoms with Gasteiger partial charge >= 0.3 is 0 Å². The van der Waals surface area contributed by atoms with E-state index in [4.69, 9.17) is 9.47 Å². The summed E-state index contributed by atoms with van der Waals surface area (Å²) in [6.07, 6.45) is 5.93. The molecule has 19 heavy (non-hydrogen) atoms. The Kier molecular flexibility index (Phi) is 3.69. The monoisotopic (exact) mass is 260 g/mol. The minimum atomic E-state index is -0.551. The average molecular weight is 260 g/mol. The Morgan fingerprint density at radius 3 is 2.95 bits per heavy atom. The highest BCUT2D eigenvalue weighted by molar-refractivity contribution is 5.15. The lowest BCUT2D eigenvalue weighted by molar-refractivity contribution is -0.145. The molecule has 1 aromatic carbocycles. The lowest BCUT2D eigenvalue weighted by Gasteiger charge is -2.39. The molecule has 0 saturated carbocycles. The van der Waals surface area contributed by atoms with Gasteiger partial charge in [-0.3, -0.25) is 0 Å². The predicted molar refractivity (Wildman–Crippen MR) is 72.7 cm³/mol. The molecule has 0 radical (unpaired) electrons. The fraction of sp³-hybridized carbons (Fsp3) is 0.500. The van der Waals surface area contributed by atoms with Crippen LogP contribution in [0.15, 0.2) is 42.5 Å². The van der Waals surface area contributed by atoms with Crippen molar-refractivity contribution in [1.82, 2.24) is 0 Å². The molecule has 3 unspecified atom stereocenters. The molecule has 1 aliphatic carbocycles. The van der Waals surface area contributed by atoms with E-state index in [1.54, 1.807) is 0 Å². The van der Waals surface area contributed by atoms with Gasteiger partial charge in [0.2, 0.25) is 0 Å². The summed E-state index contributed by atoms with van der Waals surface area (Å²) in [5.41, 5.74) is 0.633. The van der Waals surface area contributed by atoms with Crippen molar-refractivity contribution in [3.05, 3.63) is 48.0 Å². The van der Waals surface area contributed by atoms with Gasteiger partial charge in [0.25, 0.3) is 0 Å². The maximum Gasteiger partial charge on any atom is 0.124 e. The quantitative estimate of drug-likeness (QED) is 0.848. The van der Waals surface area contributed by atoms with Gasteiger partial charge < -0.3 is 14.6 Å². The summed E-state index contributed by atoms with van der Waals surface area (Å²) < 4.78 is 11.9. The van der Waals surface area contributed by atoms with Gasteiger partial charge in [0.1, 0.15) is 11.7 Å². The summed E-state index contributed by atoms with van der Waals surface area (Å²) >= 11 is 0. The first-order chi connectivity index (χ1) is 9.31. The molecule has 1 N–H and O–H groups in total. The van der Waals surface area contributed by atoms with Crippen LogP contribution in [0.2, 0.25) is 0 Å². The molecule has 102 valence electrons. The van der Waals surface area contributed by atoms with E-state index in [0.717, 1.165) is 24.8 Å². The molecule has 1 spiro atoms. The lowest BCUT2D eigenvalue weighted by atomic mass is 9.82. The Hall–Kier alpha value is -1.16. The number of ether oxygens (including phenoxy) is 2. The third-order valence-corrected chi connectivity index (χ3v) is 4.11. The van der Waals surface area contributed by atoms with Crippen molar-refractivity contribution < 1.29 is 14.6 Å². The first-order valence-corrected chi connectivity index (χ1v) is 6.95. The fourth-order valence-corrected chi connectivity index (χ4v) is 3.04. The van der Waals surface area contributed by atoms with Gasteiger partial charge in [0.15, 0.2) is 0 Å². The van der Waals surface area contributed by atoms with E-state index in [1.807, 2.05) is 30.4 Å². The zero-order valence-corrected chi connectivity index (χ0v) is 11.0.